The molecular weight excluding hydrogens is 194 g/mol. The Balaban J connectivity index is 3.46. The lowest BCUT2D eigenvalue weighted by Gasteiger charge is -1.97. The van der Waals surface area contributed by atoms with Gasteiger partial charge in [0.2, 0.25) is 0 Å². The van der Waals surface area contributed by atoms with Gasteiger partial charge in [-0.25, -0.2) is 4.79 Å². The first-order valence-corrected chi connectivity index (χ1v) is 4.03. The van der Waals surface area contributed by atoms with E-state index in [0.717, 1.165) is 0 Å². The monoisotopic (exact) mass is 203 g/mol. The van der Waals surface area contributed by atoms with Crippen LogP contribution in [0.3, 0.4) is 0 Å². The minimum atomic E-state index is -0.342. The Bertz CT molecular complexity index is 405. The minimum absolute atomic E-state index is 0.128. The Morgan fingerprint density at radius 3 is 2.31 bits per heavy atom. The first kappa shape index (κ1) is 10.0. The summed E-state index contributed by atoms with van der Waals surface area (Å²) in [6.07, 6.45) is 0. The van der Waals surface area contributed by atoms with Crippen LogP contribution in [0.1, 0.15) is 10.5 Å². The number of nitrogens with two attached hydrogens (primary N) is 1. The molecule has 0 radical (unpaired) electrons. The number of nitrogens with zero attached hydrogens (tertiary/aromatic N) is 2. The van der Waals surface area contributed by atoms with Crippen LogP contribution in [0.25, 0.3) is 0 Å². The maximum absolute atomic E-state index is 11.3. The second-order valence-corrected chi connectivity index (χ2v) is 3.03. The summed E-state index contributed by atoms with van der Waals surface area (Å²) in [6, 6.07) is 0. The lowest BCUT2D eigenvalue weighted by Crippen LogP contribution is -2.23. The highest BCUT2D eigenvalue weighted by Gasteiger charge is 2.18. The Kier molecular flexibility index (Phi) is 2.58. The van der Waals surface area contributed by atoms with Crippen molar-refractivity contribution in [3.8, 4) is 0 Å². The minimum Gasteiger partial charge on any atom is -0.324 e. The summed E-state index contributed by atoms with van der Waals surface area (Å²) in [5, 5.41) is 0.128. The molecule has 1 heterocycles. The fourth-order valence-electron chi connectivity index (χ4n) is 1.10. The topological polar surface area (TPSA) is 70.0 Å². The van der Waals surface area contributed by atoms with Crippen molar-refractivity contribution < 1.29 is 4.79 Å². The van der Waals surface area contributed by atoms with E-state index < -0.39 is 0 Å². The third-order valence-corrected chi connectivity index (χ3v) is 2.28. The molecule has 0 aromatic carbocycles. The second kappa shape index (κ2) is 3.35. The van der Waals surface area contributed by atoms with Crippen molar-refractivity contribution in [1.82, 2.24) is 9.13 Å². The number of Topliss-reactive ketones (excluding diaryl/α,β-unsaturated/α-hetero) is 1. The quantitative estimate of drug-likeness (QED) is 0.660. The number of ketones is 1. The number of hydrogen-bond donors (Lipinski definition) is 1. The molecular formula is C7H10ClN3O2. The van der Waals surface area contributed by atoms with Crippen molar-refractivity contribution in [1.29, 1.82) is 0 Å². The summed E-state index contributed by atoms with van der Waals surface area (Å²) in [5.41, 5.74) is 5.00. The van der Waals surface area contributed by atoms with Crippen LogP contribution in [0.4, 0.5) is 0 Å². The number of rotatable bonds is 2. The van der Waals surface area contributed by atoms with Crippen LogP contribution >= 0.6 is 11.6 Å². The van der Waals surface area contributed by atoms with Gasteiger partial charge in [-0.15, -0.1) is 0 Å². The van der Waals surface area contributed by atoms with Crippen molar-refractivity contribution in [3.05, 3.63) is 21.3 Å². The smallest absolute Gasteiger partial charge is 0.324 e. The van der Waals surface area contributed by atoms with E-state index in [1.807, 2.05) is 0 Å². The zero-order valence-corrected chi connectivity index (χ0v) is 8.13. The van der Waals surface area contributed by atoms with Crippen LogP contribution in [0.15, 0.2) is 4.79 Å². The molecule has 0 aliphatic carbocycles. The molecule has 13 heavy (non-hydrogen) atoms. The average Bonchev–Trinajstić information content (AvgIpc) is 2.30. The fraction of sp³-hybridized carbons (Fsp3) is 0.429. The molecule has 1 aromatic heterocycles. The zero-order valence-electron chi connectivity index (χ0n) is 7.37. The molecule has 0 amide bonds. The Labute approximate surface area is 79.7 Å². The predicted octanol–water partition coefficient (Wildman–Crippen LogP) is -0.481. The van der Waals surface area contributed by atoms with E-state index in [-0.39, 0.29) is 28.9 Å². The van der Waals surface area contributed by atoms with Crippen molar-refractivity contribution >= 4 is 17.4 Å². The van der Waals surface area contributed by atoms with E-state index in [1.54, 1.807) is 0 Å². The van der Waals surface area contributed by atoms with Crippen LogP contribution in [0.2, 0.25) is 5.15 Å². The van der Waals surface area contributed by atoms with Crippen molar-refractivity contribution in [2.24, 2.45) is 19.8 Å². The highest BCUT2D eigenvalue weighted by Crippen LogP contribution is 2.12. The molecule has 5 nitrogen and oxygen atoms in total. The molecule has 0 bridgehead atoms. The molecule has 0 aliphatic rings. The van der Waals surface area contributed by atoms with Gasteiger partial charge in [-0.3, -0.25) is 13.9 Å². The number of halogens is 1. The van der Waals surface area contributed by atoms with Crippen molar-refractivity contribution in [3.63, 3.8) is 0 Å². The van der Waals surface area contributed by atoms with Gasteiger partial charge in [0.15, 0.2) is 5.78 Å². The standard InChI is InChI=1S/C7H10ClN3O2/c1-10-5(4(12)3-9)6(8)11(2)7(10)13/h3,9H2,1-2H3. The van der Waals surface area contributed by atoms with E-state index in [2.05, 4.69) is 0 Å². The van der Waals surface area contributed by atoms with Gasteiger partial charge < -0.3 is 5.73 Å². The Morgan fingerprint density at radius 2 is 2.00 bits per heavy atom. The van der Waals surface area contributed by atoms with Crippen LogP contribution in [0.5, 0.6) is 0 Å². The normalized spacial score (nSPS) is 10.5. The first-order chi connectivity index (χ1) is 6.00. The average molecular weight is 204 g/mol. The molecule has 0 aliphatic heterocycles. The summed E-state index contributed by atoms with van der Waals surface area (Å²) >= 11 is 5.76. The van der Waals surface area contributed by atoms with Crippen LogP contribution in [-0.2, 0) is 14.1 Å². The molecule has 6 heteroatoms. The largest absolute Gasteiger partial charge is 0.329 e. The number of hydrogen-bond acceptors (Lipinski definition) is 3. The second-order valence-electron chi connectivity index (χ2n) is 2.67. The van der Waals surface area contributed by atoms with Crippen LogP contribution < -0.4 is 11.4 Å². The van der Waals surface area contributed by atoms with Gasteiger partial charge in [0.05, 0.1) is 6.54 Å². The van der Waals surface area contributed by atoms with E-state index >= 15 is 0 Å². The fourth-order valence-corrected chi connectivity index (χ4v) is 1.41. The molecule has 0 fully saturated rings. The zero-order chi connectivity index (χ0) is 10.2. The van der Waals surface area contributed by atoms with E-state index in [1.165, 1.54) is 23.2 Å². The summed E-state index contributed by atoms with van der Waals surface area (Å²) < 4.78 is 2.39. The summed E-state index contributed by atoms with van der Waals surface area (Å²) in [6.45, 7) is -0.156. The molecule has 2 N–H and O–H groups in total. The maximum atomic E-state index is 11.3. The van der Waals surface area contributed by atoms with E-state index in [4.69, 9.17) is 17.3 Å². The van der Waals surface area contributed by atoms with Gasteiger partial charge in [-0.05, 0) is 0 Å². The number of aromatic nitrogens is 2. The van der Waals surface area contributed by atoms with Gasteiger partial charge in [0, 0.05) is 14.1 Å². The lowest BCUT2D eigenvalue weighted by atomic mass is 10.3. The first-order valence-electron chi connectivity index (χ1n) is 3.65. The maximum Gasteiger partial charge on any atom is 0.329 e. The highest BCUT2D eigenvalue weighted by molar-refractivity contribution is 6.32. The van der Waals surface area contributed by atoms with Gasteiger partial charge in [-0.1, -0.05) is 11.6 Å². The number of carbonyl (C=O) groups is 1. The molecule has 0 spiro atoms. The van der Waals surface area contributed by atoms with Crippen molar-refractivity contribution in [2.75, 3.05) is 6.54 Å². The molecule has 72 valence electrons. The predicted molar refractivity (Wildman–Crippen MR) is 49.0 cm³/mol. The third-order valence-electron chi connectivity index (χ3n) is 1.85. The molecule has 0 saturated heterocycles. The molecule has 1 aromatic rings. The van der Waals surface area contributed by atoms with E-state index in [0.29, 0.717) is 0 Å². The SMILES string of the molecule is Cn1c(Cl)c(C(=O)CN)n(C)c1=O. The van der Waals surface area contributed by atoms with Gasteiger partial charge in [-0.2, -0.15) is 0 Å². The number of carbonyl (C=O) groups excluding carboxylic acids is 1. The Hall–Kier alpha value is -1.07. The molecule has 1 rings (SSSR count). The van der Waals surface area contributed by atoms with Gasteiger partial charge >= 0.3 is 5.69 Å². The molecule has 0 saturated carbocycles. The number of imidazole rings is 1. The van der Waals surface area contributed by atoms with Gasteiger partial charge in [0.1, 0.15) is 10.8 Å². The Morgan fingerprint density at radius 1 is 1.46 bits per heavy atom. The lowest BCUT2D eigenvalue weighted by molar-refractivity contribution is 0.0993. The van der Waals surface area contributed by atoms with Crippen LogP contribution in [0, 0.1) is 0 Å². The van der Waals surface area contributed by atoms with Crippen molar-refractivity contribution in [2.45, 2.75) is 0 Å². The third kappa shape index (κ3) is 1.40. The highest BCUT2D eigenvalue weighted by atomic mass is 35.5. The molecule has 0 unspecified atom stereocenters. The summed E-state index contributed by atoms with van der Waals surface area (Å²) in [4.78, 5) is 22.5. The summed E-state index contributed by atoms with van der Waals surface area (Å²) in [5.74, 6) is -0.342. The summed E-state index contributed by atoms with van der Waals surface area (Å²) in [7, 11) is 2.98. The van der Waals surface area contributed by atoms with E-state index in [9.17, 15) is 9.59 Å². The van der Waals surface area contributed by atoms with Gasteiger partial charge in [0.25, 0.3) is 0 Å². The van der Waals surface area contributed by atoms with Crippen LogP contribution in [-0.4, -0.2) is 21.5 Å². The molecule has 0 atom stereocenters.